The minimum Gasteiger partial charge on any atom is -0.461 e. The van der Waals surface area contributed by atoms with Crippen LogP contribution in [-0.2, 0) is 9.53 Å². The number of esters is 1. The summed E-state index contributed by atoms with van der Waals surface area (Å²) in [6, 6.07) is 10.8. The van der Waals surface area contributed by atoms with Crippen molar-refractivity contribution in [3.63, 3.8) is 0 Å². The Morgan fingerprint density at radius 1 is 1.31 bits per heavy atom. The van der Waals surface area contributed by atoms with Gasteiger partial charge in [-0.05, 0) is 31.2 Å². The van der Waals surface area contributed by atoms with Gasteiger partial charge in [0.2, 0.25) is 5.60 Å². The lowest BCUT2D eigenvalue weighted by Crippen LogP contribution is -2.37. The summed E-state index contributed by atoms with van der Waals surface area (Å²) in [7, 11) is 1.64. The number of aliphatic hydroxyl groups is 1. The summed E-state index contributed by atoms with van der Waals surface area (Å²) in [4.78, 5) is 30.2. The molecule has 8 nitrogen and oxygen atoms in total. The van der Waals surface area contributed by atoms with Gasteiger partial charge in [-0.1, -0.05) is 24.0 Å². The monoisotopic (exact) mass is 430 g/mol. The summed E-state index contributed by atoms with van der Waals surface area (Å²) in [5.41, 5.74) is 1.13. The van der Waals surface area contributed by atoms with Crippen LogP contribution in [0.3, 0.4) is 0 Å². The van der Waals surface area contributed by atoms with Crippen molar-refractivity contribution in [3.8, 4) is 28.7 Å². The molecule has 8 heteroatoms. The largest absolute Gasteiger partial charge is 0.461 e. The van der Waals surface area contributed by atoms with Gasteiger partial charge in [0.15, 0.2) is 5.69 Å². The van der Waals surface area contributed by atoms with E-state index in [-0.39, 0.29) is 18.7 Å². The zero-order chi connectivity index (χ0) is 22.7. The van der Waals surface area contributed by atoms with Crippen molar-refractivity contribution in [1.29, 1.82) is 0 Å². The number of hydrogen-bond acceptors (Lipinski definition) is 6. The van der Waals surface area contributed by atoms with Gasteiger partial charge < -0.3 is 14.7 Å². The number of benzene rings is 1. The molecule has 1 N–H and O–H groups in total. The van der Waals surface area contributed by atoms with Gasteiger partial charge >= 0.3 is 5.97 Å². The quantitative estimate of drug-likeness (QED) is 0.503. The third-order valence-electron chi connectivity index (χ3n) is 5.19. The highest BCUT2D eigenvalue weighted by atomic mass is 16.5. The molecule has 1 saturated heterocycles. The maximum absolute atomic E-state index is 12.5. The van der Waals surface area contributed by atoms with Gasteiger partial charge in [-0.2, -0.15) is 5.10 Å². The van der Waals surface area contributed by atoms with Crippen LogP contribution in [0.15, 0.2) is 55.0 Å². The lowest BCUT2D eigenvalue weighted by Gasteiger charge is -2.13. The Kier molecular flexibility index (Phi) is 5.75. The van der Waals surface area contributed by atoms with E-state index >= 15 is 0 Å². The molecule has 0 saturated carbocycles. The minimum atomic E-state index is -1.67. The van der Waals surface area contributed by atoms with Crippen molar-refractivity contribution in [2.24, 2.45) is 0 Å². The molecular formula is C24H22N4O4. The van der Waals surface area contributed by atoms with Gasteiger partial charge in [0.25, 0.3) is 5.91 Å². The molecule has 0 radical (unpaired) electrons. The van der Waals surface area contributed by atoms with Gasteiger partial charge in [0.05, 0.1) is 12.3 Å². The van der Waals surface area contributed by atoms with E-state index in [2.05, 4.69) is 21.9 Å². The van der Waals surface area contributed by atoms with Crippen LogP contribution in [0.5, 0.6) is 0 Å². The van der Waals surface area contributed by atoms with Crippen molar-refractivity contribution in [2.45, 2.75) is 18.9 Å². The Labute approximate surface area is 185 Å². The Morgan fingerprint density at radius 3 is 2.84 bits per heavy atom. The maximum atomic E-state index is 12.5. The lowest BCUT2D eigenvalue weighted by molar-refractivity contribution is -0.137. The third kappa shape index (κ3) is 4.11. The molecule has 2 aromatic heterocycles. The van der Waals surface area contributed by atoms with E-state index in [1.807, 2.05) is 12.1 Å². The molecule has 1 atom stereocenters. The zero-order valence-corrected chi connectivity index (χ0v) is 17.8. The van der Waals surface area contributed by atoms with Crippen LogP contribution in [-0.4, -0.2) is 62.4 Å². The number of likely N-dealkylation sites (N-methyl/N-ethyl adjacent to an activating group) is 1. The molecule has 3 heterocycles. The molecule has 1 aliphatic heterocycles. The van der Waals surface area contributed by atoms with Crippen LogP contribution >= 0.6 is 0 Å². The van der Waals surface area contributed by atoms with E-state index in [1.165, 1.54) is 4.90 Å². The van der Waals surface area contributed by atoms with Crippen molar-refractivity contribution >= 4 is 11.9 Å². The van der Waals surface area contributed by atoms with E-state index in [1.54, 1.807) is 61.5 Å². The summed E-state index contributed by atoms with van der Waals surface area (Å²) >= 11 is 0. The minimum absolute atomic E-state index is 0.185. The molecule has 162 valence electrons. The van der Waals surface area contributed by atoms with Crippen LogP contribution < -0.4 is 0 Å². The van der Waals surface area contributed by atoms with Crippen LogP contribution in [0.25, 0.3) is 16.8 Å². The summed E-state index contributed by atoms with van der Waals surface area (Å²) in [6.45, 7) is 2.44. The molecule has 3 aromatic rings. The topological polar surface area (TPSA) is 97.5 Å². The second-order valence-corrected chi connectivity index (χ2v) is 7.44. The molecule has 0 bridgehead atoms. The summed E-state index contributed by atoms with van der Waals surface area (Å²) in [6.07, 6.45) is 5.31. The molecule has 1 amide bonds. The molecule has 4 rings (SSSR count). The third-order valence-corrected chi connectivity index (χ3v) is 5.19. The average Bonchev–Trinajstić information content (AvgIpc) is 3.37. The van der Waals surface area contributed by atoms with E-state index in [0.717, 1.165) is 5.56 Å². The van der Waals surface area contributed by atoms with Crippen LogP contribution in [0.2, 0.25) is 0 Å². The SMILES string of the molecule is CCOC(=O)c1nn(-c2cccc(C#C[C@]3(O)CCN(C)C3=O)c2)cc1-c1cccnc1. The smallest absolute Gasteiger partial charge is 0.359 e. The second kappa shape index (κ2) is 8.65. The van der Waals surface area contributed by atoms with Crippen molar-refractivity contribution in [1.82, 2.24) is 19.7 Å². The first kappa shape index (κ1) is 21.3. The molecule has 0 spiro atoms. The van der Waals surface area contributed by atoms with Crippen LogP contribution in [0.1, 0.15) is 29.4 Å². The lowest BCUT2D eigenvalue weighted by atomic mass is 10.0. The number of amides is 1. The summed E-state index contributed by atoms with van der Waals surface area (Å²) in [5.74, 6) is 4.69. The zero-order valence-electron chi connectivity index (χ0n) is 17.8. The van der Waals surface area contributed by atoms with E-state index in [4.69, 9.17) is 4.74 Å². The van der Waals surface area contributed by atoms with Gasteiger partial charge in [-0.3, -0.25) is 9.78 Å². The highest BCUT2D eigenvalue weighted by Crippen LogP contribution is 2.25. The Hall–Kier alpha value is -3.96. The number of pyridine rings is 1. The Morgan fingerprint density at radius 2 is 2.16 bits per heavy atom. The molecule has 1 aliphatic rings. The molecule has 32 heavy (non-hydrogen) atoms. The fourth-order valence-corrected chi connectivity index (χ4v) is 3.46. The first-order valence-electron chi connectivity index (χ1n) is 10.2. The Bertz CT molecular complexity index is 1230. The Balaban J connectivity index is 1.70. The normalized spacial score (nSPS) is 17.7. The molecule has 1 fully saturated rings. The highest BCUT2D eigenvalue weighted by Gasteiger charge is 2.42. The second-order valence-electron chi connectivity index (χ2n) is 7.44. The molecule has 1 aromatic carbocycles. The van der Waals surface area contributed by atoms with E-state index in [0.29, 0.717) is 23.4 Å². The predicted molar refractivity (Wildman–Crippen MR) is 117 cm³/mol. The number of nitrogens with zero attached hydrogens (tertiary/aromatic N) is 4. The fourth-order valence-electron chi connectivity index (χ4n) is 3.46. The standard InChI is InChI=1S/C24H22N4O4/c1-3-32-22(29)21-20(18-7-5-12-25-15-18)16-28(26-21)19-8-4-6-17(14-19)9-10-24(31)11-13-27(2)23(24)30/h4-8,12,14-16,31H,3,11,13H2,1-2H3/t24-/m0/s1. The summed E-state index contributed by atoms with van der Waals surface area (Å²) < 4.78 is 6.74. The maximum Gasteiger partial charge on any atom is 0.359 e. The summed E-state index contributed by atoms with van der Waals surface area (Å²) in [5, 5.41) is 15.0. The number of rotatable bonds is 4. The number of carbonyl (C=O) groups excluding carboxylic acids is 2. The number of hydrogen-bond donors (Lipinski definition) is 1. The molecule has 0 aliphatic carbocycles. The number of carbonyl (C=O) groups is 2. The number of likely N-dealkylation sites (tertiary alicyclic amines) is 1. The van der Waals surface area contributed by atoms with Crippen molar-refractivity contribution in [3.05, 3.63) is 66.2 Å². The number of ether oxygens (including phenoxy) is 1. The molecule has 0 unspecified atom stereocenters. The van der Waals surface area contributed by atoms with Crippen LogP contribution in [0.4, 0.5) is 0 Å². The van der Waals surface area contributed by atoms with Gasteiger partial charge in [-0.15, -0.1) is 0 Å². The predicted octanol–water partition coefficient (Wildman–Crippen LogP) is 2.06. The van der Waals surface area contributed by atoms with E-state index < -0.39 is 17.5 Å². The average molecular weight is 430 g/mol. The van der Waals surface area contributed by atoms with Gasteiger partial charge in [0.1, 0.15) is 0 Å². The molecular weight excluding hydrogens is 408 g/mol. The first-order chi connectivity index (χ1) is 15.4. The van der Waals surface area contributed by atoms with Crippen molar-refractivity contribution < 1.29 is 19.4 Å². The fraction of sp³-hybridized carbons (Fsp3) is 0.250. The first-order valence-corrected chi connectivity index (χ1v) is 10.2. The number of aromatic nitrogens is 3. The van der Waals surface area contributed by atoms with Gasteiger partial charge in [-0.25, -0.2) is 9.48 Å². The van der Waals surface area contributed by atoms with Crippen LogP contribution in [0, 0.1) is 11.8 Å². The van der Waals surface area contributed by atoms with Gasteiger partial charge in [0, 0.05) is 55.3 Å². The van der Waals surface area contributed by atoms with Crippen molar-refractivity contribution in [2.75, 3.05) is 20.2 Å². The highest BCUT2D eigenvalue weighted by molar-refractivity contribution is 5.95. The van der Waals surface area contributed by atoms with E-state index in [9.17, 15) is 14.7 Å².